The fourth-order valence-corrected chi connectivity index (χ4v) is 6.58. The quantitative estimate of drug-likeness (QED) is 0.679. The van der Waals surface area contributed by atoms with Gasteiger partial charge in [-0.1, -0.05) is 33.6 Å². The van der Waals surface area contributed by atoms with Gasteiger partial charge in [0.15, 0.2) is 16.1 Å². The first-order valence-corrected chi connectivity index (χ1v) is 10.9. The Labute approximate surface area is 155 Å². The summed E-state index contributed by atoms with van der Waals surface area (Å²) in [6.07, 6.45) is -0.762. The molecule has 1 aromatic rings. The summed E-state index contributed by atoms with van der Waals surface area (Å²) in [5, 5.41) is 0. The lowest BCUT2D eigenvalue weighted by Crippen LogP contribution is -2.57. The number of halogens is 1. The highest BCUT2D eigenvalue weighted by molar-refractivity contribution is 9.09. The zero-order valence-electron chi connectivity index (χ0n) is 13.8. The number of rotatable bonds is 3. The van der Waals surface area contributed by atoms with E-state index >= 15 is 0 Å². The molecule has 3 fully saturated rings. The van der Waals surface area contributed by atoms with Crippen molar-refractivity contribution in [2.45, 2.75) is 35.1 Å². The maximum atomic E-state index is 12.8. The highest BCUT2D eigenvalue weighted by atomic mass is 79.9. The van der Waals surface area contributed by atoms with Crippen LogP contribution in [-0.4, -0.2) is 57.5 Å². The first-order valence-electron chi connectivity index (χ1n) is 8.35. The third-order valence-corrected chi connectivity index (χ3v) is 8.12. The summed E-state index contributed by atoms with van der Waals surface area (Å²) < 4.78 is 48.3. The standard InChI is InChI=1S/C17H21BrO6S/c1-10-2-4-12(5-3-10)25(19,20)8-11-6-22-17-14(11)15(18)16-13(24-17)7-21-9-23-16/h2-5,11,13-17H,6-9H2,1H3/t11-,13-,14-,15-,16-,17+/m1/s1. The van der Waals surface area contributed by atoms with Crippen LogP contribution in [0.15, 0.2) is 29.2 Å². The van der Waals surface area contributed by atoms with Crippen molar-refractivity contribution < 1.29 is 27.4 Å². The molecule has 4 rings (SSSR count). The van der Waals surface area contributed by atoms with E-state index in [1.54, 1.807) is 12.1 Å². The molecule has 0 saturated carbocycles. The molecular weight excluding hydrogens is 412 g/mol. The Morgan fingerprint density at radius 2 is 1.92 bits per heavy atom. The first-order chi connectivity index (χ1) is 12.0. The molecule has 0 unspecified atom stereocenters. The van der Waals surface area contributed by atoms with Crippen molar-refractivity contribution in [3.63, 3.8) is 0 Å². The molecule has 0 spiro atoms. The zero-order valence-corrected chi connectivity index (χ0v) is 16.2. The average molecular weight is 433 g/mol. The van der Waals surface area contributed by atoms with Gasteiger partial charge in [0.2, 0.25) is 0 Å². The van der Waals surface area contributed by atoms with Crippen LogP contribution in [-0.2, 0) is 28.8 Å². The SMILES string of the molecule is Cc1ccc(S(=O)(=O)C[C@H]2CO[C@H]3O[C@@H]4COCO[C@H]4[C@H](Br)[C@@H]23)cc1. The van der Waals surface area contributed by atoms with E-state index in [-0.39, 0.29) is 41.4 Å². The van der Waals surface area contributed by atoms with Gasteiger partial charge >= 0.3 is 0 Å². The molecule has 0 N–H and O–H groups in total. The molecular formula is C17H21BrO6S. The van der Waals surface area contributed by atoms with Crippen molar-refractivity contribution in [3.05, 3.63) is 29.8 Å². The minimum absolute atomic E-state index is 0.0270. The molecule has 3 saturated heterocycles. The Morgan fingerprint density at radius 3 is 2.68 bits per heavy atom. The van der Waals surface area contributed by atoms with Gasteiger partial charge in [-0.3, -0.25) is 0 Å². The number of alkyl halides is 1. The summed E-state index contributed by atoms with van der Waals surface area (Å²) in [4.78, 5) is 0.325. The summed E-state index contributed by atoms with van der Waals surface area (Å²) in [6.45, 7) is 3.00. The average Bonchev–Trinajstić information content (AvgIpc) is 2.98. The number of ether oxygens (including phenoxy) is 4. The Hall–Kier alpha value is -0.510. The molecule has 0 radical (unpaired) electrons. The maximum Gasteiger partial charge on any atom is 0.178 e. The van der Waals surface area contributed by atoms with Gasteiger partial charge in [0.05, 0.1) is 28.7 Å². The molecule has 6 nitrogen and oxygen atoms in total. The molecule has 0 amide bonds. The van der Waals surface area contributed by atoms with Gasteiger partial charge in [0.25, 0.3) is 0 Å². The largest absolute Gasteiger partial charge is 0.353 e. The van der Waals surface area contributed by atoms with Crippen LogP contribution in [0.25, 0.3) is 0 Å². The monoisotopic (exact) mass is 432 g/mol. The summed E-state index contributed by atoms with van der Waals surface area (Å²) in [7, 11) is -3.39. The predicted octanol–water partition coefficient (Wildman–Crippen LogP) is 1.89. The smallest absolute Gasteiger partial charge is 0.178 e. The van der Waals surface area contributed by atoms with Crippen LogP contribution in [0, 0.1) is 18.8 Å². The fourth-order valence-electron chi connectivity index (χ4n) is 3.78. The van der Waals surface area contributed by atoms with Crippen molar-refractivity contribution in [1.82, 2.24) is 0 Å². The van der Waals surface area contributed by atoms with Crippen LogP contribution in [0.1, 0.15) is 5.56 Å². The van der Waals surface area contributed by atoms with Crippen molar-refractivity contribution >= 4 is 25.8 Å². The van der Waals surface area contributed by atoms with Gasteiger partial charge in [-0.25, -0.2) is 8.42 Å². The molecule has 8 heteroatoms. The second-order valence-corrected chi connectivity index (χ2v) is 9.96. The lowest BCUT2D eigenvalue weighted by atomic mass is 9.86. The predicted molar refractivity (Wildman–Crippen MR) is 93.2 cm³/mol. The first kappa shape index (κ1) is 17.9. The normalized spacial score (nSPS) is 38.2. The van der Waals surface area contributed by atoms with Crippen LogP contribution in [0.5, 0.6) is 0 Å². The van der Waals surface area contributed by atoms with Gasteiger partial charge in [-0.15, -0.1) is 0 Å². The summed E-state index contributed by atoms with van der Waals surface area (Å²) in [5.41, 5.74) is 1.03. The summed E-state index contributed by atoms with van der Waals surface area (Å²) >= 11 is 3.72. The maximum absolute atomic E-state index is 12.8. The van der Waals surface area contributed by atoms with E-state index in [0.717, 1.165) is 5.56 Å². The third kappa shape index (κ3) is 3.40. The Morgan fingerprint density at radius 1 is 1.16 bits per heavy atom. The fraction of sp³-hybridized carbons (Fsp3) is 0.647. The minimum Gasteiger partial charge on any atom is -0.353 e. The van der Waals surface area contributed by atoms with E-state index < -0.39 is 16.1 Å². The molecule has 138 valence electrons. The van der Waals surface area contributed by atoms with Gasteiger partial charge in [0, 0.05) is 11.8 Å². The lowest BCUT2D eigenvalue weighted by Gasteiger charge is -2.44. The van der Waals surface area contributed by atoms with Crippen LogP contribution < -0.4 is 0 Å². The van der Waals surface area contributed by atoms with Crippen LogP contribution in [0.4, 0.5) is 0 Å². The Bertz CT molecular complexity index is 721. The molecule has 3 aliphatic rings. The second kappa shape index (κ2) is 6.90. The molecule has 0 bridgehead atoms. The van der Waals surface area contributed by atoms with Gasteiger partial charge in [-0.05, 0) is 19.1 Å². The molecule has 1 aromatic carbocycles. The Balaban J connectivity index is 1.52. The molecule has 0 aliphatic carbocycles. The molecule has 6 atom stereocenters. The van der Waals surface area contributed by atoms with Crippen molar-refractivity contribution in [3.8, 4) is 0 Å². The lowest BCUT2D eigenvalue weighted by molar-refractivity contribution is -0.281. The van der Waals surface area contributed by atoms with Gasteiger partial charge in [0.1, 0.15) is 19.0 Å². The van der Waals surface area contributed by atoms with Crippen LogP contribution in [0.3, 0.4) is 0 Å². The van der Waals surface area contributed by atoms with Gasteiger partial charge < -0.3 is 18.9 Å². The van der Waals surface area contributed by atoms with Crippen LogP contribution >= 0.6 is 15.9 Å². The third-order valence-electron chi connectivity index (χ3n) is 5.13. The van der Waals surface area contributed by atoms with E-state index in [4.69, 9.17) is 18.9 Å². The van der Waals surface area contributed by atoms with Gasteiger partial charge in [-0.2, -0.15) is 0 Å². The number of hydrogen-bond acceptors (Lipinski definition) is 6. The number of sulfone groups is 1. The number of hydrogen-bond donors (Lipinski definition) is 0. The van der Waals surface area contributed by atoms with Crippen molar-refractivity contribution in [2.75, 3.05) is 25.8 Å². The Kier molecular flexibility index (Phi) is 4.94. The number of aryl methyl sites for hydroxylation is 1. The summed E-state index contributed by atoms with van der Waals surface area (Å²) in [5.74, 6) is -0.177. The highest BCUT2D eigenvalue weighted by Crippen LogP contribution is 2.43. The van der Waals surface area contributed by atoms with E-state index in [0.29, 0.717) is 18.1 Å². The van der Waals surface area contributed by atoms with E-state index in [1.165, 1.54) is 0 Å². The summed E-state index contributed by atoms with van der Waals surface area (Å²) in [6, 6.07) is 6.97. The van der Waals surface area contributed by atoms with E-state index in [1.807, 2.05) is 19.1 Å². The second-order valence-electron chi connectivity index (χ2n) is 6.87. The topological polar surface area (TPSA) is 71.1 Å². The van der Waals surface area contributed by atoms with E-state index in [9.17, 15) is 8.42 Å². The molecule has 0 aromatic heterocycles. The van der Waals surface area contributed by atoms with E-state index in [2.05, 4.69) is 15.9 Å². The molecule has 3 aliphatic heterocycles. The van der Waals surface area contributed by atoms with Crippen molar-refractivity contribution in [2.24, 2.45) is 11.8 Å². The highest BCUT2D eigenvalue weighted by Gasteiger charge is 2.54. The zero-order chi connectivity index (χ0) is 17.6. The number of benzene rings is 1. The minimum atomic E-state index is -3.39. The molecule has 25 heavy (non-hydrogen) atoms. The van der Waals surface area contributed by atoms with Crippen molar-refractivity contribution in [1.29, 1.82) is 0 Å². The molecule has 3 heterocycles. The number of fused-ring (bicyclic) bond motifs is 2. The van der Waals surface area contributed by atoms with Crippen LogP contribution in [0.2, 0.25) is 0 Å².